The van der Waals surface area contributed by atoms with Gasteiger partial charge in [0.15, 0.2) is 0 Å². The van der Waals surface area contributed by atoms with Crippen LogP contribution in [0.1, 0.15) is 174 Å². The molecule has 8 nitrogen and oxygen atoms in total. The average molecular weight is 782 g/mol. The van der Waals surface area contributed by atoms with Gasteiger partial charge < -0.3 is 27.9 Å². The van der Waals surface area contributed by atoms with Gasteiger partial charge >= 0.3 is 5.97 Å². The zero-order chi connectivity index (χ0) is 39.9. The van der Waals surface area contributed by atoms with Gasteiger partial charge in [-0.2, -0.15) is 0 Å². The minimum absolute atomic E-state index is 0.0193. The minimum atomic E-state index is -4.53. The van der Waals surface area contributed by atoms with E-state index in [0.717, 1.165) is 70.6 Å². The number of likely N-dealkylation sites (N-methyl/N-ethyl adjacent to an activating group) is 1. The number of carbonyl (C=O) groups excluding carboxylic acids is 1. The van der Waals surface area contributed by atoms with Crippen LogP contribution in [0.2, 0.25) is 0 Å². The number of unbranched alkanes of at least 4 members (excludes halogenated alkanes) is 18. The van der Waals surface area contributed by atoms with E-state index in [0.29, 0.717) is 24.1 Å². The van der Waals surface area contributed by atoms with Crippen molar-refractivity contribution in [3.63, 3.8) is 0 Å². The maximum Gasteiger partial charge on any atom is 0.306 e. The Labute approximate surface area is 333 Å². The Kier molecular flexibility index (Phi) is 37.2. The summed E-state index contributed by atoms with van der Waals surface area (Å²) in [6.07, 6.45) is 45.5. The lowest BCUT2D eigenvalue weighted by atomic mass is 10.1. The smallest absolute Gasteiger partial charge is 0.306 e. The maximum absolute atomic E-state index is 12.7. The van der Waals surface area contributed by atoms with Crippen molar-refractivity contribution in [2.75, 3.05) is 54.1 Å². The van der Waals surface area contributed by atoms with Crippen molar-refractivity contribution in [3.05, 3.63) is 48.6 Å². The molecule has 0 aliphatic carbocycles. The fraction of sp³-hybridized carbons (Fsp3) is 0.800. The number of carbonyl (C=O) groups is 1. The Hall–Kier alpha value is -1.54. The largest absolute Gasteiger partial charge is 0.756 e. The summed E-state index contributed by atoms with van der Waals surface area (Å²) >= 11 is 0. The molecule has 316 valence electrons. The van der Waals surface area contributed by atoms with Crippen LogP contribution in [0.15, 0.2) is 48.6 Å². The topological polar surface area (TPSA) is 94.1 Å². The highest BCUT2D eigenvalue weighted by atomic mass is 31.2. The van der Waals surface area contributed by atoms with Gasteiger partial charge in [-0.15, -0.1) is 0 Å². The first-order valence-electron chi connectivity index (χ1n) is 21.9. The zero-order valence-corrected chi connectivity index (χ0v) is 36.6. The second kappa shape index (κ2) is 38.3. The molecular formula is C45H84NO7P. The second-order valence-corrected chi connectivity index (χ2v) is 17.1. The molecule has 0 radical (unpaired) electrons. The molecule has 0 spiro atoms. The molecule has 0 N–H and O–H groups in total. The number of nitrogens with zero attached hydrogens (tertiary/aromatic N) is 1. The monoisotopic (exact) mass is 782 g/mol. The van der Waals surface area contributed by atoms with Crippen LogP contribution in [0.4, 0.5) is 0 Å². The van der Waals surface area contributed by atoms with Crippen LogP contribution in [-0.4, -0.2) is 70.7 Å². The van der Waals surface area contributed by atoms with E-state index >= 15 is 0 Å². The molecule has 54 heavy (non-hydrogen) atoms. The molecular weight excluding hydrogens is 697 g/mol. The molecule has 0 aromatic carbocycles. The number of ether oxygens (including phenoxy) is 2. The SMILES string of the molecule is CC/C=C\C/C=C\C/C=C\CCCCCCOCC(COP(=O)([O-])OCC[N+](C)(C)C)OC(=O)CCCCCCCCC/C=C\CCCCCCCCC. The standard InChI is InChI=1S/C45H84NO7P/c1-6-8-10-12-14-16-18-20-22-23-24-25-26-28-30-32-34-36-38-45(47)53-44(43-52-54(48,49)51-41-39-46(3,4)5)42-50-40-37-35-33-31-29-27-21-19-17-15-13-11-9-7-2/h9,11,15,17,21-23,27,44H,6-8,10,12-14,16,18-20,24-26,28-43H2,1-5H3/b11-9-,17-15-,23-22-,27-21-. The molecule has 0 heterocycles. The number of phosphoric ester groups is 1. The Morgan fingerprint density at radius 3 is 1.63 bits per heavy atom. The summed E-state index contributed by atoms with van der Waals surface area (Å²) in [7, 11) is 1.33. The number of rotatable bonds is 40. The maximum atomic E-state index is 12.7. The molecule has 0 aromatic rings. The van der Waals surface area contributed by atoms with Gasteiger partial charge in [-0.1, -0.05) is 146 Å². The molecule has 9 heteroatoms. The number of phosphoric acid groups is 1. The predicted molar refractivity (Wildman–Crippen MR) is 226 cm³/mol. The number of allylic oxidation sites excluding steroid dienone is 8. The molecule has 0 bridgehead atoms. The van der Waals surface area contributed by atoms with Crippen molar-refractivity contribution in [1.82, 2.24) is 0 Å². The van der Waals surface area contributed by atoms with Gasteiger partial charge in [-0.05, 0) is 70.6 Å². The van der Waals surface area contributed by atoms with Gasteiger partial charge in [0, 0.05) is 13.0 Å². The first-order chi connectivity index (χ1) is 26.1. The first-order valence-corrected chi connectivity index (χ1v) is 23.3. The third-order valence-electron chi connectivity index (χ3n) is 9.11. The molecule has 2 unspecified atom stereocenters. The first kappa shape index (κ1) is 52.5. The van der Waals surface area contributed by atoms with Crippen LogP contribution in [0, 0.1) is 0 Å². The van der Waals surface area contributed by atoms with E-state index in [1.165, 1.54) is 83.5 Å². The lowest BCUT2D eigenvalue weighted by Gasteiger charge is -2.28. The fourth-order valence-electron chi connectivity index (χ4n) is 5.73. The Bertz CT molecular complexity index is 1000. The Balaban J connectivity index is 4.27. The van der Waals surface area contributed by atoms with Crippen LogP contribution in [0.25, 0.3) is 0 Å². The summed E-state index contributed by atoms with van der Waals surface area (Å²) in [5, 5.41) is 0. The molecule has 0 fully saturated rings. The minimum Gasteiger partial charge on any atom is -0.756 e. The molecule has 0 aliphatic rings. The molecule has 0 amide bonds. The Morgan fingerprint density at radius 1 is 0.593 bits per heavy atom. The number of hydrogen-bond donors (Lipinski definition) is 0. The van der Waals surface area contributed by atoms with Gasteiger partial charge in [0.25, 0.3) is 7.82 Å². The summed E-state index contributed by atoms with van der Waals surface area (Å²) < 4.78 is 34.5. The van der Waals surface area contributed by atoms with E-state index in [4.69, 9.17) is 18.5 Å². The van der Waals surface area contributed by atoms with E-state index in [1.54, 1.807) is 0 Å². The van der Waals surface area contributed by atoms with E-state index in [2.05, 4.69) is 62.5 Å². The van der Waals surface area contributed by atoms with E-state index in [-0.39, 0.29) is 25.8 Å². The van der Waals surface area contributed by atoms with Crippen molar-refractivity contribution in [1.29, 1.82) is 0 Å². The summed E-state index contributed by atoms with van der Waals surface area (Å²) in [6, 6.07) is 0. The summed E-state index contributed by atoms with van der Waals surface area (Å²) in [5.74, 6) is -0.348. The van der Waals surface area contributed by atoms with Crippen LogP contribution in [0.5, 0.6) is 0 Å². The van der Waals surface area contributed by atoms with E-state index in [9.17, 15) is 14.3 Å². The number of hydrogen-bond acceptors (Lipinski definition) is 7. The van der Waals surface area contributed by atoms with Crippen molar-refractivity contribution in [3.8, 4) is 0 Å². The predicted octanol–water partition coefficient (Wildman–Crippen LogP) is 12.1. The summed E-state index contributed by atoms with van der Waals surface area (Å²) in [6.45, 7) is 5.23. The Morgan fingerprint density at radius 2 is 1.07 bits per heavy atom. The van der Waals surface area contributed by atoms with Crippen molar-refractivity contribution >= 4 is 13.8 Å². The van der Waals surface area contributed by atoms with Gasteiger partial charge in [-0.25, -0.2) is 0 Å². The van der Waals surface area contributed by atoms with E-state index < -0.39 is 13.9 Å². The number of esters is 1. The van der Waals surface area contributed by atoms with Crippen molar-refractivity contribution in [2.24, 2.45) is 0 Å². The lowest BCUT2D eigenvalue weighted by Crippen LogP contribution is -2.37. The zero-order valence-electron chi connectivity index (χ0n) is 35.7. The van der Waals surface area contributed by atoms with Crippen LogP contribution >= 0.6 is 7.82 Å². The fourth-order valence-corrected chi connectivity index (χ4v) is 6.46. The van der Waals surface area contributed by atoms with Crippen LogP contribution < -0.4 is 4.89 Å². The van der Waals surface area contributed by atoms with Gasteiger partial charge in [-0.3, -0.25) is 9.36 Å². The highest BCUT2D eigenvalue weighted by molar-refractivity contribution is 7.45. The molecule has 2 atom stereocenters. The quantitative estimate of drug-likeness (QED) is 0.0201. The summed E-state index contributed by atoms with van der Waals surface area (Å²) in [5.41, 5.74) is 0. The second-order valence-electron chi connectivity index (χ2n) is 15.7. The molecule has 0 aromatic heterocycles. The third-order valence-corrected chi connectivity index (χ3v) is 10.1. The molecule has 0 aliphatic heterocycles. The van der Waals surface area contributed by atoms with Gasteiger partial charge in [0.1, 0.15) is 19.3 Å². The lowest BCUT2D eigenvalue weighted by molar-refractivity contribution is -0.870. The number of quaternary nitrogens is 1. The molecule has 0 rings (SSSR count). The highest BCUT2D eigenvalue weighted by Crippen LogP contribution is 2.38. The third kappa shape index (κ3) is 41.6. The normalized spacial score (nSPS) is 14.3. The van der Waals surface area contributed by atoms with Gasteiger partial charge in [0.2, 0.25) is 0 Å². The molecule has 0 saturated heterocycles. The summed E-state index contributed by atoms with van der Waals surface area (Å²) in [4.78, 5) is 25.0. The highest BCUT2D eigenvalue weighted by Gasteiger charge is 2.20. The van der Waals surface area contributed by atoms with Crippen LogP contribution in [-0.2, 0) is 27.9 Å². The van der Waals surface area contributed by atoms with Crippen molar-refractivity contribution < 1.29 is 37.3 Å². The van der Waals surface area contributed by atoms with Crippen molar-refractivity contribution in [2.45, 2.75) is 180 Å². The molecule has 0 saturated carbocycles. The van der Waals surface area contributed by atoms with Crippen LogP contribution in [0.3, 0.4) is 0 Å². The van der Waals surface area contributed by atoms with E-state index in [1.807, 2.05) is 21.1 Å². The average Bonchev–Trinajstić information content (AvgIpc) is 3.12. The van der Waals surface area contributed by atoms with Gasteiger partial charge in [0.05, 0.1) is 34.4 Å².